The van der Waals surface area contributed by atoms with Gasteiger partial charge in [-0.2, -0.15) is 0 Å². The van der Waals surface area contributed by atoms with E-state index in [4.69, 9.17) is 4.74 Å². The average Bonchev–Trinajstić information content (AvgIpc) is 3.04. The van der Waals surface area contributed by atoms with E-state index in [9.17, 15) is 18.0 Å². The third kappa shape index (κ3) is 4.68. The number of likely N-dealkylation sites (N-methyl/N-ethyl adjacent to an activating group) is 1. The number of methoxy groups -OCH3 is 1. The van der Waals surface area contributed by atoms with Crippen LogP contribution in [-0.4, -0.2) is 64.3 Å². The number of esters is 1. The van der Waals surface area contributed by atoms with Gasteiger partial charge in [-0.3, -0.25) is 4.79 Å². The van der Waals surface area contributed by atoms with Crippen LogP contribution < -0.4 is 5.32 Å². The molecule has 2 aromatic rings. The number of ether oxygens (including phenoxy) is 1. The fourth-order valence-corrected chi connectivity index (χ4v) is 5.31. The first kappa shape index (κ1) is 24.3. The van der Waals surface area contributed by atoms with Crippen molar-refractivity contribution in [2.45, 2.75) is 17.9 Å². The van der Waals surface area contributed by atoms with Crippen LogP contribution in [0.15, 0.2) is 29.2 Å². The number of thiophene rings is 1. The first-order chi connectivity index (χ1) is 13.6. The predicted octanol–water partition coefficient (Wildman–Crippen LogP) is 2.45. The van der Waals surface area contributed by atoms with Crippen molar-refractivity contribution in [1.29, 1.82) is 0 Å². The largest absolute Gasteiger partial charge is 0.465 e. The van der Waals surface area contributed by atoms with Gasteiger partial charge in [0, 0.05) is 37.6 Å². The fourth-order valence-electron chi connectivity index (χ4n) is 3.10. The van der Waals surface area contributed by atoms with Gasteiger partial charge in [0.25, 0.3) is 5.91 Å². The van der Waals surface area contributed by atoms with Crippen molar-refractivity contribution in [1.82, 2.24) is 9.21 Å². The predicted molar refractivity (Wildman–Crippen MR) is 118 cm³/mol. The number of benzene rings is 1. The summed E-state index contributed by atoms with van der Waals surface area (Å²) < 4.78 is 30.4. The van der Waals surface area contributed by atoms with Gasteiger partial charge in [-0.05, 0) is 43.3 Å². The minimum atomic E-state index is -3.57. The van der Waals surface area contributed by atoms with E-state index in [0.717, 1.165) is 21.3 Å². The molecule has 0 bridgehead atoms. The maximum Gasteiger partial charge on any atom is 0.341 e. The maximum absolute atomic E-state index is 12.7. The van der Waals surface area contributed by atoms with Crippen molar-refractivity contribution in [3.63, 3.8) is 0 Å². The summed E-state index contributed by atoms with van der Waals surface area (Å²) in [6.07, 6.45) is 0.708. The first-order valence-electron chi connectivity index (χ1n) is 8.90. The van der Waals surface area contributed by atoms with E-state index in [-0.39, 0.29) is 17.3 Å². The van der Waals surface area contributed by atoms with Crippen LogP contribution in [0.5, 0.6) is 0 Å². The number of hydrogen-bond acceptors (Lipinski definition) is 7. The number of carbonyl (C=O) groups is 2. The highest BCUT2D eigenvalue weighted by Gasteiger charge is 2.28. The highest BCUT2D eigenvalue weighted by molar-refractivity contribution is 7.89. The van der Waals surface area contributed by atoms with Crippen molar-refractivity contribution in [3.8, 4) is 0 Å². The quantitative estimate of drug-likeness (QED) is 0.670. The molecule has 2 heterocycles. The molecular formula is C19H24ClN3O5S2. The Hall–Kier alpha value is -1.98. The Kier molecular flexibility index (Phi) is 7.64. The molecule has 0 fully saturated rings. The van der Waals surface area contributed by atoms with Gasteiger partial charge in [0.15, 0.2) is 0 Å². The number of fused-ring (bicyclic) bond motifs is 1. The van der Waals surface area contributed by atoms with Crippen LogP contribution in [0.3, 0.4) is 0 Å². The van der Waals surface area contributed by atoms with E-state index in [2.05, 4.69) is 10.2 Å². The fraction of sp³-hybridized carbons (Fsp3) is 0.368. The molecule has 1 amide bonds. The molecule has 0 saturated heterocycles. The minimum Gasteiger partial charge on any atom is -0.465 e. The molecule has 8 nitrogen and oxygen atoms in total. The Morgan fingerprint density at radius 3 is 2.40 bits per heavy atom. The van der Waals surface area contributed by atoms with E-state index < -0.39 is 21.9 Å². The number of rotatable bonds is 5. The lowest BCUT2D eigenvalue weighted by Gasteiger charge is -2.22. The van der Waals surface area contributed by atoms with E-state index in [1.165, 1.54) is 56.8 Å². The summed E-state index contributed by atoms with van der Waals surface area (Å²) in [5.74, 6) is -0.898. The van der Waals surface area contributed by atoms with Gasteiger partial charge < -0.3 is 15.0 Å². The zero-order chi connectivity index (χ0) is 21.3. The molecule has 164 valence electrons. The van der Waals surface area contributed by atoms with Crippen LogP contribution in [0.2, 0.25) is 0 Å². The molecule has 1 aliphatic rings. The summed E-state index contributed by atoms with van der Waals surface area (Å²) in [7, 11) is 2.64. The Morgan fingerprint density at radius 2 is 1.83 bits per heavy atom. The monoisotopic (exact) mass is 473 g/mol. The topological polar surface area (TPSA) is 96.0 Å². The molecule has 0 aliphatic carbocycles. The van der Waals surface area contributed by atoms with Crippen LogP contribution in [-0.2, 0) is 27.7 Å². The van der Waals surface area contributed by atoms with Gasteiger partial charge in [-0.15, -0.1) is 23.7 Å². The second kappa shape index (κ2) is 9.44. The zero-order valence-electron chi connectivity index (χ0n) is 17.1. The normalized spacial score (nSPS) is 14.0. The molecule has 1 aromatic carbocycles. The summed E-state index contributed by atoms with van der Waals surface area (Å²) in [5, 5.41) is 3.25. The molecule has 0 spiro atoms. The van der Waals surface area contributed by atoms with Gasteiger partial charge in [-0.1, -0.05) is 0 Å². The average molecular weight is 474 g/mol. The van der Waals surface area contributed by atoms with Crippen molar-refractivity contribution in [2.24, 2.45) is 0 Å². The standard InChI is InChI=1S/C19H23N3O5S2.ClH/c1-21(2)29(25,26)13-7-5-12(6-8-13)17(23)20-18-16(19(24)27-4)14-9-10-22(3)11-15(14)28-18;/h5-8H,9-11H2,1-4H3,(H,20,23);1H. The lowest BCUT2D eigenvalue weighted by molar-refractivity contribution is 0.0600. The van der Waals surface area contributed by atoms with E-state index in [0.29, 0.717) is 29.1 Å². The summed E-state index contributed by atoms with van der Waals surface area (Å²) in [5.41, 5.74) is 1.62. The molecule has 0 saturated carbocycles. The number of hydrogen-bond donors (Lipinski definition) is 1. The summed E-state index contributed by atoms with van der Waals surface area (Å²) in [6.45, 7) is 1.53. The first-order valence-corrected chi connectivity index (χ1v) is 11.2. The molecule has 1 aliphatic heterocycles. The number of sulfonamides is 1. The number of amides is 1. The highest BCUT2D eigenvalue weighted by Crippen LogP contribution is 2.37. The Balaban J connectivity index is 0.00000320. The Labute approximate surface area is 186 Å². The summed E-state index contributed by atoms with van der Waals surface area (Å²) >= 11 is 1.37. The Bertz CT molecular complexity index is 1050. The molecule has 11 heteroatoms. The summed E-state index contributed by atoms with van der Waals surface area (Å²) in [6, 6.07) is 5.68. The number of nitrogens with zero attached hydrogens (tertiary/aromatic N) is 2. The summed E-state index contributed by atoms with van der Waals surface area (Å²) in [4.78, 5) is 28.3. The zero-order valence-corrected chi connectivity index (χ0v) is 19.5. The minimum absolute atomic E-state index is 0. The van der Waals surface area contributed by atoms with Crippen LogP contribution >= 0.6 is 23.7 Å². The third-order valence-corrected chi connectivity index (χ3v) is 7.72. The van der Waals surface area contributed by atoms with E-state index >= 15 is 0 Å². The van der Waals surface area contributed by atoms with Crippen molar-refractivity contribution >= 4 is 50.6 Å². The Morgan fingerprint density at radius 1 is 1.20 bits per heavy atom. The maximum atomic E-state index is 12.7. The van der Waals surface area contributed by atoms with Crippen LogP contribution in [0, 0.1) is 0 Å². The molecule has 0 radical (unpaired) electrons. The molecule has 1 aromatic heterocycles. The van der Waals surface area contributed by atoms with Gasteiger partial charge in [0.2, 0.25) is 10.0 Å². The SMILES string of the molecule is COC(=O)c1c(NC(=O)c2ccc(S(=O)(=O)N(C)C)cc2)sc2c1CCN(C)C2.Cl. The molecule has 0 atom stereocenters. The second-order valence-corrected chi connectivity index (χ2v) is 10.2. The smallest absolute Gasteiger partial charge is 0.341 e. The van der Waals surface area contributed by atoms with E-state index in [1.54, 1.807) is 0 Å². The molecule has 30 heavy (non-hydrogen) atoms. The highest BCUT2D eigenvalue weighted by atomic mass is 35.5. The molecule has 1 N–H and O–H groups in total. The molecular weight excluding hydrogens is 450 g/mol. The second-order valence-electron chi connectivity index (χ2n) is 6.95. The van der Waals surface area contributed by atoms with Crippen LogP contribution in [0.1, 0.15) is 31.2 Å². The lowest BCUT2D eigenvalue weighted by atomic mass is 10.0. The van der Waals surface area contributed by atoms with Crippen LogP contribution in [0.25, 0.3) is 0 Å². The van der Waals surface area contributed by atoms with Crippen molar-refractivity contribution in [2.75, 3.05) is 40.1 Å². The molecule has 0 unspecified atom stereocenters. The van der Waals surface area contributed by atoms with Gasteiger partial charge in [-0.25, -0.2) is 17.5 Å². The lowest BCUT2D eigenvalue weighted by Crippen LogP contribution is -2.26. The number of halogens is 1. The van der Waals surface area contributed by atoms with Gasteiger partial charge >= 0.3 is 5.97 Å². The van der Waals surface area contributed by atoms with Crippen molar-refractivity contribution < 1.29 is 22.7 Å². The number of nitrogens with one attached hydrogen (secondary N) is 1. The number of anilines is 1. The van der Waals surface area contributed by atoms with Crippen molar-refractivity contribution in [3.05, 3.63) is 45.8 Å². The van der Waals surface area contributed by atoms with Gasteiger partial charge in [0.05, 0.1) is 17.6 Å². The third-order valence-electron chi connectivity index (χ3n) is 4.76. The molecule has 3 rings (SSSR count). The number of carbonyl (C=O) groups excluding carboxylic acids is 2. The van der Waals surface area contributed by atoms with Gasteiger partial charge in [0.1, 0.15) is 5.00 Å². The van der Waals surface area contributed by atoms with Crippen LogP contribution in [0.4, 0.5) is 5.00 Å². The van der Waals surface area contributed by atoms with E-state index in [1.807, 2.05) is 7.05 Å².